The van der Waals surface area contributed by atoms with Crippen LogP contribution in [0, 0.1) is 11.3 Å². The Morgan fingerprint density at radius 1 is 1.38 bits per heavy atom. The molecule has 1 amide bonds. The second kappa shape index (κ2) is 6.91. The molecule has 4 N–H and O–H groups in total. The first-order chi connectivity index (χ1) is 9.64. The van der Waals surface area contributed by atoms with Crippen LogP contribution in [0.2, 0.25) is 5.02 Å². The molecule has 1 unspecified atom stereocenters. The molecule has 0 radical (unpaired) electrons. The molecular weight excluding hydrogens is 292 g/mol. The Hall–Kier alpha value is -1.59. The van der Waals surface area contributed by atoms with Crippen molar-refractivity contribution in [3.8, 4) is 0 Å². The van der Waals surface area contributed by atoms with Crippen molar-refractivity contribution < 1.29 is 14.7 Å². The van der Waals surface area contributed by atoms with Gasteiger partial charge in [-0.05, 0) is 30.0 Å². The molecule has 0 aliphatic rings. The Morgan fingerprint density at radius 3 is 2.48 bits per heavy atom. The summed E-state index contributed by atoms with van der Waals surface area (Å²) in [5.41, 5.74) is 5.80. The van der Waals surface area contributed by atoms with Gasteiger partial charge in [-0.2, -0.15) is 0 Å². The molecule has 1 aromatic rings. The number of nitrogens with two attached hydrogens (primary N) is 1. The number of carboxylic acids is 1. The largest absolute Gasteiger partial charge is 0.478 e. The predicted molar refractivity (Wildman–Crippen MR) is 83.7 cm³/mol. The summed E-state index contributed by atoms with van der Waals surface area (Å²) < 4.78 is 0. The highest BCUT2D eigenvalue weighted by Gasteiger charge is 2.24. The molecule has 0 saturated carbocycles. The van der Waals surface area contributed by atoms with Gasteiger partial charge < -0.3 is 16.2 Å². The highest BCUT2D eigenvalue weighted by Crippen LogP contribution is 2.26. The SMILES string of the molecule is CC(C)(C)CC(CN)C(=O)Nc1ccc(Cl)cc1C(=O)O. The quantitative estimate of drug-likeness (QED) is 0.779. The van der Waals surface area contributed by atoms with Crippen molar-refractivity contribution in [2.24, 2.45) is 17.1 Å². The summed E-state index contributed by atoms with van der Waals surface area (Å²) in [5.74, 6) is -1.80. The standard InChI is InChI=1S/C15H21ClN2O3/c1-15(2,3)7-9(8-17)13(19)18-12-5-4-10(16)6-11(12)14(20)21/h4-6,9H,7-8,17H2,1-3H3,(H,18,19)(H,20,21). The minimum absolute atomic E-state index is 0.0395. The Morgan fingerprint density at radius 2 is 2.00 bits per heavy atom. The number of nitrogens with one attached hydrogen (secondary N) is 1. The van der Waals surface area contributed by atoms with Gasteiger partial charge in [-0.15, -0.1) is 0 Å². The van der Waals surface area contributed by atoms with Crippen molar-refractivity contribution >= 4 is 29.2 Å². The summed E-state index contributed by atoms with van der Waals surface area (Å²) in [4.78, 5) is 23.5. The van der Waals surface area contributed by atoms with E-state index in [0.29, 0.717) is 11.4 Å². The van der Waals surface area contributed by atoms with Crippen molar-refractivity contribution in [1.82, 2.24) is 0 Å². The van der Waals surface area contributed by atoms with Gasteiger partial charge in [0.05, 0.1) is 17.2 Å². The first kappa shape index (κ1) is 17.5. The number of hydrogen-bond acceptors (Lipinski definition) is 3. The second-order valence-electron chi connectivity index (χ2n) is 6.18. The molecule has 0 aromatic heterocycles. The van der Waals surface area contributed by atoms with Crippen molar-refractivity contribution in [2.75, 3.05) is 11.9 Å². The zero-order valence-corrected chi connectivity index (χ0v) is 13.2. The van der Waals surface area contributed by atoms with E-state index in [-0.39, 0.29) is 35.0 Å². The molecule has 1 aromatic carbocycles. The number of halogens is 1. The average Bonchev–Trinajstić information content (AvgIpc) is 2.36. The number of anilines is 1. The zero-order chi connectivity index (χ0) is 16.2. The van der Waals surface area contributed by atoms with Crippen LogP contribution < -0.4 is 11.1 Å². The van der Waals surface area contributed by atoms with E-state index >= 15 is 0 Å². The third-order valence-electron chi connectivity index (χ3n) is 2.98. The van der Waals surface area contributed by atoms with Gasteiger partial charge in [-0.1, -0.05) is 32.4 Å². The van der Waals surface area contributed by atoms with Gasteiger partial charge in [-0.25, -0.2) is 4.79 Å². The average molecular weight is 313 g/mol. The first-order valence-corrected chi connectivity index (χ1v) is 7.05. The van der Waals surface area contributed by atoms with Crippen LogP contribution in [0.25, 0.3) is 0 Å². The number of carboxylic acid groups (broad SMARTS) is 1. The maximum atomic E-state index is 12.3. The number of aromatic carboxylic acids is 1. The van der Waals surface area contributed by atoms with Crippen LogP contribution in [0.3, 0.4) is 0 Å². The van der Waals surface area contributed by atoms with Crippen LogP contribution in [0.5, 0.6) is 0 Å². The van der Waals surface area contributed by atoms with Crippen LogP contribution in [-0.4, -0.2) is 23.5 Å². The van der Waals surface area contributed by atoms with Crippen molar-refractivity contribution in [2.45, 2.75) is 27.2 Å². The molecular formula is C15H21ClN2O3. The lowest BCUT2D eigenvalue weighted by atomic mass is 9.84. The van der Waals surface area contributed by atoms with Crippen molar-refractivity contribution in [3.63, 3.8) is 0 Å². The van der Waals surface area contributed by atoms with E-state index in [0.717, 1.165) is 0 Å². The molecule has 0 aliphatic heterocycles. The number of amides is 1. The molecule has 116 valence electrons. The summed E-state index contributed by atoms with van der Waals surface area (Å²) >= 11 is 5.78. The molecule has 1 atom stereocenters. The van der Waals surface area contributed by atoms with Gasteiger partial charge in [0.2, 0.25) is 5.91 Å². The molecule has 5 nitrogen and oxygen atoms in total. The maximum Gasteiger partial charge on any atom is 0.337 e. The van der Waals surface area contributed by atoms with E-state index < -0.39 is 5.97 Å². The van der Waals surface area contributed by atoms with Gasteiger partial charge in [-0.3, -0.25) is 4.79 Å². The van der Waals surface area contributed by atoms with Crippen LogP contribution in [-0.2, 0) is 4.79 Å². The number of carbonyl (C=O) groups excluding carboxylic acids is 1. The van der Waals surface area contributed by atoms with Crippen LogP contribution in [0.15, 0.2) is 18.2 Å². The smallest absolute Gasteiger partial charge is 0.337 e. The Kier molecular flexibility index (Phi) is 5.75. The predicted octanol–water partition coefficient (Wildman–Crippen LogP) is 2.99. The molecule has 0 fully saturated rings. The van der Waals surface area contributed by atoms with E-state index in [1.807, 2.05) is 20.8 Å². The highest BCUT2D eigenvalue weighted by atomic mass is 35.5. The monoisotopic (exact) mass is 312 g/mol. The van der Waals surface area contributed by atoms with Gasteiger partial charge in [0, 0.05) is 11.6 Å². The molecule has 0 saturated heterocycles. The Labute approximate surface area is 129 Å². The fraction of sp³-hybridized carbons (Fsp3) is 0.467. The topological polar surface area (TPSA) is 92.4 Å². The molecule has 0 aliphatic carbocycles. The van der Waals surface area contributed by atoms with Gasteiger partial charge >= 0.3 is 5.97 Å². The second-order valence-corrected chi connectivity index (χ2v) is 6.62. The van der Waals surface area contributed by atoms with Crippen LogP contribution in [0.4, 0.5) is 5.69 Å². The lowest BCUT2D eigenvalue weighted by Gasteiger charge is -2.24. The number of carbonyl (C=O) groups is 2. The zero-order valence-electron chi connectivity index (χ0n) is 12.4. The number of hydrogen-bond donors (Lipinski definition) is 3. The summed E-state index contributed by atoms with van der Waals surface area (Å²) in [6.07, 6.45) is 0.616. The van der Waals surface area contributed by atoms with Crippen LogP contribution in [0.1, 0.15) is 37.6 Å². The molecule has 0 bridgehead atoms. The lowest BCUT2D eigenvalue weighted by Crippen LogP contribution is -2.32. The first-order valence-electron chi connectivity index (χ1n) is 6.68. The Bertz CT molecular complexity index is 538. The molecule has 21 heavy (non-hydrogen) atoms. The summed E-state index contributed by atoms with van der Waals surface area (Å²) in [5, 5.41) is 12.1. The summed E-state index contributed by atoms with van der Waals surface area (Å²) in [6.45, 7) is 6.27. The summed E-state index contributed by atoms with van der Waals surface area (Å²) in [6, 6.07) is 4.32. The van der Waals surface area contributed by atoms with Crippen molar-refractivity contribution in [3.05, 3.63) is 28.8 Å². The minimum atomic E-state index is -1.15. The van der Waals surface area contributed by atoms with Gasteiger partial charge in [0.1, 0.15) is 0 Å². The third kappa shape index (κ3) is 5.36. The number of rotatable bonds is 5. The summed E-state index contributed by atoms with van der Waals surface area (Å²) in [7, 11) is 0. The fourth-order valence-electron chi connectivity index (χ4n) is 2.06. The van der Waals surface area contributed by atoms with E-state index in [1.165, 1.54) is 18.2 Å². The lowest BCUT2D eigenvalue weighted by molar-refractivity contribution is -0.120. The maximum absolute atomic E-state index is 12.3. The fourth-order valence-corrected chi connectivity index (χ4v) is 2.23. The third-order valence-corrected chi connectivity index (χ3v) is 3.22. The van der Waals surface area contributed by atoms with E-state index in [1.54, 1.807) is 0 Å². The van der Waals surface area contributed by atoms with Crippen LogP contribution >= 0.6 is 11.6 Å². The number of benzene rings is 1. The highest BCUT2D eigenvalue weighted by molar-refractivity contribution is 6.31. The normalized spacial score (nSPS) is 12.8. The molecule has 0 spiro atoms. The molecule has 0 heterocycles. The minimum Gasteiger partial charge on any atom is -0.478 e. The van der Waals surface area contributed by atoms with E-state index in [2.05, 4.69) is 5.32 Å². The Balaban J connectivity index is 2.94. The molecule has 6 heteroatoms. The van der Waals surface area contributed by atoms with E-state index in [4.69, 9.17) is 22.4 Å². The van der Waals surface area contributed by atoms with Gasteiger partial charge in [0.25, 0.3) is 0 Å². The van der Waals surface area contributed by atoms with Crippen molar-refractivity contribution in [1.29, 1.82) is 0 Å². The van der Waals surface area contributed by atoms with Gasteiger partial charge in [0.15, 0.2) is 0 Å². The molecule has 1 rings (SSSR count). The van der Waals surface area contributed by atoms with E-state index in [9.17, 15) is 9.59 Å².